The fourth-order valence-corrected chi connectivity index (χ4v) is 4.10. The van der Waals surface area contributed by atoms with Crippen molar-refractivity contribution >= 4 is 11.6 Å². The van der Waals surface area contributed by atoms with Gasteiger partial charge in [-0.15, -0.1) is 0 Å². The van der Waals surface area contributed by atoms with Crippen LogP contribution in [0.2, 0.25) is 0 Å². The molecule has 182 valence electrons. The third-order valence-electron chi connectivity index (χ3n) is 5.93. The molecule has 8 nitrogen and oxygen atoms in total. The van der Waals surface area contributed by atoms with Gasteiger partial charge in [0.25, 0.3) is 5.91 Å². The summed E-state index contributed by atoms with van der Waals surface area (Å²) >= 11 is 0. The minimum absolute atomic E-state index is 0.289. The molecule has 1 atom stereocenters. The molecule has 3 aromatic carbocycles. The Labute approximate surface area is 204 Å². The number of carbonyl (C=O) groups is 1. The molecule has 4 rings (SSSR count). The average Bonchev–Trinajstić information content (AvgIpc) is 3.37. The van der Waals surface area contributed by atoms with E-state index in [1.54, 1.807) is 26.4 Å². The highest BCUT2D eigenvalue weighted by Crippen LogP contribution is 2.40. The molecule has 0 radical (unpaired) electrons. The summed E-state index contributed by atoms with van der Waals surface area (Å²) in [6.45, 7) is 0. The van der Waals surface area contributed by atoms with Gasteiger partial charge in [0.05, 0.1) is 47.3 Å². The Morgan fingerprint density at radius 3 is 2.03 bits per heavy atom. The van der Waals surface area contributed by atoms with Crippen LogP contribution in [0.1, 0.15) is 33.9 Å². The number of nitrogens with zero attached hydrogens (tertiary/aromatic N) is 2. The lowest BCUT2D eigenvalue weighted by atomic mass is 9.98. The second kappa shape index (κ2) is 10.4. The molecule has 8 heteroatoms. The molecular weight excluding hydrogens is 448 g/mol. The van der Waals surface area contributed by atoms with Gasteiger partial charge in [-0.1, -0.05) is 24.3 Å². The molecule has 1 aliphatic heterocycles. The summed E-state index contributed by atoms with van der Waals surface area (Å²) in [5, 5.41) is 6.28. The summed E-state index contributed by atoms with van der Waals surface area (Å²) in [7, 11) is 7.79. The normalized spacial score (nSPS) is 14.8. The predicted molar refractivity (Wildman–Crippen MR) is 132 cm³/mol. The number of hydrogen-bond acceptors (Lipinski definition) is 7. The van der Waals surface area contributed by atoms with Crippen molar-refractivity contribution < 1.29 is 28.5 Å². The zero-order chi connectivity index (χ0) is 24.9. The minimum atomic E-state index is -0.311. The summed E-state index contributed by atoms with van der Waals surface area (Å²) < 4.78 is 27.0. The van der Waals surface area contributed by atoms with Crippen LogP contribution in [0.4, 0.5) is 0 Å². The first-order valence-corrected chi connectivity index (χ1v) is 11.0. The zero-order valence-electron chi connectivity index (χ0n) is 20.4. The molecule has 0 saturated carbocycles. The average molecular weight is 477 g/mol. The Bertz CT molecular complexity index is 1210. The minimum Gasteiger partial charge on any atom is -0.497 e. The summed E-state index contributed by atoms with van der Waals surface area (Å²) in [6, 6.07) is 18.3. The number of hydrazone groups is 1. The van der Waals surface area contributed by atoms with E-state index < -0.39 is 0 Å². The maximum absolute atomic E-state index is 13.8. The molecule has 0 saturated heterocycles. The molecule has 0 bridgehead atoms. The number of carbonyl (C=O) groups excluding carboxylic acids is 1. The Kier molecular flexibility index (Phi) is 7.10. The quantitative estimate of drug-likeness (QED) is 0.468. The number of benzene rings is 3. The van der Waals surface area contributed by atoms with Crippen LogP contribution in [0, 0.1) is 0 Å². The molecule has 1 aliphatic rings. The fourth-order valence-electron chi connectivity index (χ4n) is 4.10. The molecule has 3 aromatic rings. The lowest BCUT2D eigenvalue weighted by Crippen LogP contribution is -2.27. The Hall–Kier alpha value is -4.20. The van der Waals surface area contributed by atoms with Gasteiger partial charge in [-0.05, 0) is 42.0 Å². The smallest absolute Gasteiger partial charge is 0.274 e. The number of methoxy groups -OCH3 is 5. The van der Waals surface area contributed by atoms with Gasteiger partial charge in [-0.2, -0.15) is 5.10 Å². The number of ether oxygens (including phenoxy) is 5. The molecule has 1 amide bonds. The third-order valence-corrected chi connectivity index (χ3v) is 5.93. The monoisotopic (exact) mass is 476 g/mol. The Balaban J connectivity index is 1.78. The van der Waals surface area contributed by atoms with E-state index >= 15 is 0 Å². The van der Waals surface area contributed by atoms with E-state index in [0.717, 1.165) is 28.3 Å². The summed E-state index contributed by atoms with van der Waals surface area (Å²) in [5.41, 5.74) is 2.98. The number of hydrogen-bond donors (Lipinski definition) is 0. The van der Waals surface area contributed by atoms with E-state index in [2.05, 4.69) is 0 Å². The van der Waals surface area contributed by atoms with Gasteiger partial charge in [0, 0.05) is 17.5 Å². The fraction of sp³-hybridized carbons (Fsp3) is 0.259. The van der Waals surface area contributed by atoms with Gasteiger partial charge in [-0.25, -0.2) is 5.01 Å². The summed E-state index contributed by atoms with van der Waals surface area (Å²) in [5.74, 6) is 2.38. The van der Waals surface area contributed by atoms with Crippen molar-refractivity contribution in [1.82, 2.24) is 5.01 Å². The first-order chi connectivity index (χ1) is 17.0. The van der Waals surface area contributed by atoms with Gasteiger partial charge in [-0.3, -0.25) is 4.79 Å². The van der Waals surface area contributed by atoms with Crippen LogP contribution in [0.3, 0.4) is 0 Å². The lowest BCUT2D eigenvalue weighted by Gasteiger charge is -2.23. The van der Waals surface area contributed by atoms with Crippen molar-refractivity contribution in [2.75, 3.05) is 35.5 Å². The van der Waals surface area contributed by atoms with Crippen LogP contribution in [-0.4, -0.2) is 52.2 Å². The van der Waals surface area contributed by atoms with Crippen LogP contribution in [0.15, 0.2) is 65.8 Å². The summed E-state index contributed by atoms with van der Waals surface area (Å²) in [6.07, 6.45) is 0.537. The maximum Gasteiger partial charge on any atom is 0.274 e. The molecule has 0 fully saturated rings. The van der Waals surface area contributed by atoms with E-state index in [1.807, 2.05) is 48.5 Å². The number of amides is 1. The van der Waals surface area contributed by atoms with Crippen molar-refractivity contribution in [2.24, 2.45) is 5.10 Å². The van der Waals surface area contributed by atoms with Gasteiger partial charge in [0.15, 0.2) is 11.5 Å². The van der Waals surface area contributed by atoms with E-state index in [0.29, 0.717) is 29.2 Å². The van der Waals surface area contributed by atoms with Crippen molar-refractivity contribution in [3.05, 3.63) is 77.4 Å². The van der Waals surface area contributed by atoms with Crippen molar-refractivity contribution in [1.29, 1.82) is 0 Å². The van der Waals surface area contributed by atoms with E-state index in [1.165, 1.54) is 26.3 Å². The van der Waals surface area contributed by atoms with Gasteiger partial charge in [0.1, 0.15) is 11.5 Å². The molecule has 0 aromatic heterocycles. The highest BCUT2D eigenvalue weighted by Gasteiger charge is 2.34. The SMILES string of the molecule is COc1ccc(C2CC(c3cccc(OC)c3)=NN2C(=O)c2cc(OC)c(OC)c(OC)c2)cc1. The Morgan fingerprint density at radius 2 is 1.46 bits per heavy atom. The molecule has 0 aliphatic carbocycles. The second-order valence-electron chi connectivity index (χ2n) is 7.84. The molecular formula is C27H28N2O6. The lowest BCUT2D eigenvalue weighted by molar-refractivity contribution is 0.0710. The highest BCUT2D eigenvalue weighted by atomic mass is 16.5. The van der Waals surface area contributed by atoms with Crippen molar-refractivity contribution in [3.8, 4) is 28.7 Å². The van der Waals surface area contributed by atoms with Crippen LogP contribution < -0.4 is 23.7 Å². The van der Waals surface area contributed by atoms with E-state index in [9.17, 15) is 4.79 Å². The van der Waals surface area contributed by atoms with Crippen LogP contribution in [0.25, 0.3) is 0 Å². The van der Waals surface area contributed by atoms with Gasteiger partial charge in [0.2, 0.25) is 5.75 Å². The zero-order valence-corrected chi connectivity index (χ0v) is 20.4. The van der Waals surface area contributed by atoms with Gasteiger partial charge < -0.3 is 23.7 Å². The molecule has 35 heavy (non-hydrogen) atoms. The van der Waals surface area contributed by atoms with E-state index in [4.69, 9.17) is 28.8 Å². The third kappa shape index (κ3) is 4.73. The molecule has 1 unspecified atom stereocenters. The van der Waals surface area contributed by atoms with Crippen molar-refractivity contribution in [2.45, 2.75) is 12.5 Å². The largest absolute Gasteiger partial charge is 0.497 e. The molecule has 0 N–H and O–H groups in total. The highest BCUT2D eigenvalue weighted by molar-refractivity contribution is 6.05. The molecule has 1 heterocycles. The maximum atomic E-state index is 13.8. The predicted octanol–water partition coefficient (Wildman–Crippen LogP) is 4.72. The topological polar surface area (TPSA) is 78.8 Å². The van der Waals surface area contributed by atoms with Crippen LogP contribution >= 0.6 is 0 Å². The van der Waals surface area contributed by atoms with Gasteiger partial charge >= 0.3 is 0 Å². The first kappa shape index (κ1) is 23.9. The number of rotatable bonds is 8. The van der Waals surface area contributed by atoms with Crippen LogP contribution in [0.5, 0.6) is 28.7 Å². The second-order valence-corrected chi connectivity index (χ2v) is 7.84. The Morgan fingerprint density at radius 1 is 0.800 bits per heavy atom. The first-order valence-electron chi connectivity index (χ1n) is 11.0. The van der Waals surface area contributed by atoms with Crippen LogP contribution in [-0.2, 0) is 0 Å². The summed E-state index contributed by atoms with van der Waals surface area (Å²) in [4.78, 5) is 13.8. The van der Waals surface area contributed by atoms with Crippen molar-refractivity contribution in [3.63, 3.8) is 0 Å². The molecule has 0 spiro atoms. The van der Waals surface area contributed by atoms with E-state index in [-0.39, 0.29) is 11.9 Å². The standard InChI is InChI=1S/C27H28N2O6/c1-31-20-11-9-17(10-12-20)23-16-22(18-7-6-8-21(13-18)32-2)28-29(23)27(30)19-14-24(33-3)26(35-5)25(15-19)34-4/h6-15,23H,16H2,1-5H3.